The van der Waals surface area contributed by atoms with Gasteiger partial charge in [0.2, 0.25) is 15.9 Å². The summed E-state index contributed by atoms with van der Waals surface area (Å²) in [7, 11) is -0.186. The number of rotatable bonds is 17. The highest BCUT2D eigenvalue weighted by Crippen LogP contribution is 2.27. The summed E-state index contributed by atoms with van der Waals surface area (Å²) in [5.41, 5.74) is 4.06. The van der Waals surface area contributed by atoms with Crippen LogP contribution in [0.2, 0.25) is 0 Å². The maximum Gasteiger partial charge on any atom is 0.243 e. The van der Waals surface area contributed by atoms with Crippen molar-refractivity contribution in [3.8, 4) is 5.75 Å². The quantitative estimate of drug-likeness (QED) is 0.233. The number of amides is 1. The third kappa shape index (κ3) is 8.58. The SMILES string of the molecule is CCCOc1ccc(S(=O)(=O)N(CCN2CCCC2)Cc2cccnc2)cc1CNC(=O)Cc1c(NC)c(CCC)nn1C. The molecule has 1 amide bonds. The fraction of sp³-hybridized carbons (Fsp3) is 0.531. The van der Waals surface area contributed by atoms with Gasteiger partial charge in [0.1, 0.15) is 5.75 Å². The molecule has 0 saturated carbocycles. The van der Waals surface area contributed by atoms with Crippen LogP contribution in [0.4, 0.5) is 5.69 Å². The smallest absolute Gasteiger partial charge is 0.243 e. The summed E-state index contributed by atoms with van der Waals surface area (Å²) in [6, 6.07) is 8.64. The largest absolute Gasteiger partial charge is 0.493 e. The van der Waals surface area contributed by atoms with Gasteiger partial charge in [-0.05, 0) is 68.6 Å². The molecule has 11 nitrogen and oxygen atoms in total. The first kappa shape index (κ1) is 33.4. The standard InChI is InChI=1S/C32H47N7O4S/c1-5-10-28-32(33-3)29(37(4)36-28)21-31(40)35-23-26-20-27(12-13-30(26)43-19-6-2)44(41,42)39(18-17-38-15-7-8-16-38)24-25-11-9-14-34-22-25/h9,11-14,20,22,33H,5-8,10,15-19,21,23-24H2,1-4H3,(H,35,40). The van der Waals surface area contributed by atoms with Crippen molar-refractivity contribution in [2.75, 3.05) is 45.2 Å². The number of hydrogen-bond acceptors (Lipinski definition) is 8. The lowest BCUT2D eigenvalue weighted by Crippen LogP contribution is -2.37. The van der Waals surface area contributed by atoms with Crippen LogP contribution in [0.5, 0.6) is 5.75 Å². The van der Waals surface area contributed by atoms with Gasteiger partial charge in [0.25, 0.3) is 0 Å². The average molecular weight is 626 g/mol. The number of carbonyl (C=O) groups excluding carboxylic acids is 1. The first-order valence-corrected chi connectivity index (χ1v) is 17.1. The van der Waals surface area contributed by atoms with Gasteiger partial charge >= 0.3 is 0 Å². The minimum atomic E-state index is -3.86. The molecule has 12 heteroatoms. The molecule has 4 rings (SSSR count). The summed E-state index contributed by atoms with van der Waals surface area (Å²) >= 11 is 0. The van der Waals surface area contributed by atoms with E-state index >= 15 is 0 Å². The monoisotopic (exact) mass is 625 g/mol. The zero-order valence-corrected chi connectivity index (χ0v) is 27.3. The van der Waals surface area contributed by atoms with Crippen molar-refractivity contribution >= 4 is 21.6 Å². The third-order valence-corrected chi connectivity index (χ3v) is 9.70. The highest BCUT2D eigenvalue weighted by molar-refractivity contribution is 7.89. The van der Waals surface area contributed by atoms with Gasteiger partial charge in [0.05, 0.1) is 35.0 Å². The van der Waals surface area contributed by atoms with E-state index in [9.17, 15) is 13.2 Å². The number of pyridine rings is 1. The number of hydrogen-bond donors (Lipinski definition) is 2. The van der Waals surface area contributed by atoms with E-state index < -0.39 is 10.0 Å². The van der Waals surface area contributed by atoms with Crippen LogP contribution in [-0.2, 0) is 47.8 Å². The number of ether oxygens (including phenoxy) is 1. The first-order chi connectivity index (χ1) is 21.3. The molecule has 3 heterocycles. The maximum absolute atomic E-state index is 14.1. The van der Waals surface area contributed by atoms with Crippen LogP contribution in [-0.4, -0.2) is 78.1 Å². The fourth-order valence-corrected chi connectivity index (χ4v) is 7.00. The Morgan fingerprint density at radius 3 is 2.61 bits per heavy atom. The van der Waals surface area contributed by atoms with Gasteiger partial charge in [0, 0.05) is 58.2 Å². The summed E-state index contributed by atoms with van der Waals surface area (Å²) in [5.74, 6) is 0.370. The second-order valence-electron chi connectivity index (χ2n) is 11.2. The van der Waals surface area contributed by atoms with Crippen LogP contribution < -0.4 is 15.4 Å². The topological polar surface area (TPSA) is 122 Å². The molecule has 44 heavy (non-hydrogen) atoms. The third-order valence-electron chi connectivity index (χ3n) is 7.86. The van der Waals surface area contributed by atoms with Gasteiger partial charge in [-0.25, -0.2) is 8.42 Å². The number of carbonyl (C=O) groups is 1. The van der Waals surface area contributed by atoms with E-state index in [1.54, 1.807) is 35.3 Å². The van der Waals surface area contributed by atoms with Crippen LogP contribution >= 0.6 is 0 Å². The van der Waals surface area contributed by atoms with Crippen LogP contribution in [0, 0.1) is 0 Å². The molecule has 2 N–H and O–H groups in total. The predicted molar refractivity (Wildman–Crippen MR) is 172 cm³/mol. The van der Waals surface area contributed by atoms with Crippen molar-refractivity contribution in [2.45, 2.75) is 70.4 Å². The minimum absolute atomic E-state index is 0.131. The zero-order chi connectivity index (χ0) is 31.5. The highest BCUT2D eigenvalue weighted by Gasteiger charge is 2.27. The Morgan fingerprint density at radius 1 is 1.14 bits per heavy atom. The normalized spacial score (nSPS) is 13.8. The number of nitrogens with zero attached hydrogens (tertiary/aromatic N) is 5. The van der Waals surface area contributed by atoms with Gasteiger partial charge < -0.3 is 20.3 Å². The van der Waals surface area contributed by atoms with E-state index in [1.807, 2.05) is 33.2 Å². The molecule has 1 saturated heterocycles. The summed E-state index contributed by atoms with van der Waals surface area (Å²) < 4.78 is 37.4. The number of nitrogens with one attached hydrogen (secondary N) is 2. The number of likely N-dealkylation sites (tertiary alicyclic amines) is 1. The van der Waals surface area contributed by atoms with Gasteiger partial charge in [-0.2, -0.15) is 9.40 Å². The van der Waals surface area contributed by atoms with E-state index in [4.69, 9.17) is 4.74 Å². The first-order valence-electron chi connectivity index (χ1n) is 15.6. The summed E-state index contributed by atoms with van der Waals surface area (Å²) in [4.78, 5) is 19.8. The Morgan fingerprint density at radius 2 is 1.93 bits per heavy atom. The summed E-state index contributed by atoms with van der Waals surface area (Å²) in [5, 5.41) is 10.8. The van der Waals surface area contributed by atoms with Crippen molar-refractivity contribution in [3.05, 3.63) is 65.2 Å². The molecule has 0 radical (unpaired) electrons. The number of aryl methyl sites for hydroxylation is 2. The Hall–Kier alpha value is -3.48. The van der Waals surface area contributed by atoms with Crippen molar-refractivity contribution in [1.82, 2.24) is 29.3 Å². The molecule has 240 valence electrons. The fourth-order valence-electron chi connectivity index (χ4n) is 5.53. The molecule has 0 unspecified atom stereocenters. The van der Waals surface area contributed by atoms with Crippen molar-refractivity contribution < 1.29 is 17.9 Å². The molecule has 0 aliphatic carbocycles. The molecule has 0 bridgehead atoms. The lowest BCUT2D eigenvalue weighted by Gasteiger charge is -2.25. The molecule has 1 aliphatic heterocycles. The molecule has 3 aromatic rings. The molecule has 1 aliphatic rings. The lowest BCUT2D eigenvalue weighted by atomic mass is 10.1. The van der Waals surface area contributed by atoms with Gasteiger partial charge in [0.15, 0.2) is 0 Å². The summed E-state index contributed by atoms with van der Waals surface area (Å²) in [6.45, 7) is 7.96. The second kappa shape index (κ2) is 16.0. The van der Waals surface area contributed by atoms with Crippen LogP contribution in [0.3, 0.4) is 0 Å². The van der Waals surface area contributed by atoms with Gasteiger partial charge in [-0.1, -0.05) is 26.3 Å². The molecule has 1 aromatic carbocycles. The Balaban J connectivity index is 1.55. The molecule has 0 spiro atoms. The average Bonchev–Trinajstić information content (AvgIpc) is 3.65. The molecular formula is C32H47N7O4S. The van der Waals surface area contributed by atoms with Gasteiger partial charge in [-0.3, -0.25) is 14.5 Å². The maximum atomic E-state index is 14.1. The summed E-state index contributed by atoms with van der Waals surface area (Å²) in [6.07, 6.45) is 8.38. The molecule has 0 atom stereocenters. The van der Waals surface area contributed by atoms with Crippen molar-refractivity contribution in [3.63, 3.8) is 0 Å². The number of benzene rings is 1. The van der Waals surface area contributed by atoms with Crippen LogP contribution in [0.25, 0.3) is 0 Å². The van der Waals surface area contributed by atoms with E-state index in [-0.39, 0.29) is 30.3 Å². The van der Waals surface area contributed by atoms with Crippen LogP contribution in [0.1, 0.15) is 62.0 Å². The number of aromatic nitrogens is 3. The van der Waals surface area contributed by atoms with Gasteiger partial charge in [-0.15, -0.1) is 0 Å². The lowest BCUT2D eigenvalue weighted by molar-refractivity contribution is -0.120. The predicted octanol–water partition coefficient (Wildman–Crippen LogP) is 3.74. The Kier molecular flexibility index (Phi) is 12.2. The number of sulfonamides is 1. The highest BCUT2D eigenvalue weighted by atomic mass is 32.2. The van der Waals surface area contributed by atoms with Crippen molar-refractivity contribution in [2.24, 2.45) is 7.05 Å². The van der Waals surface area contributed by atoms with E-state index in [1.165, 1.54) is 4.31 Å². The molecule has 2 aromatic heterocycles. The zero-order valence-electron chi connectivity index (χ0n) is 26.5. The molecular weight excluding hydrogens is 578 g/mol. The van der Waals surface area contributed by atoms with E-state index in [0.29, 0.717) is 31.0 Å². The molecule has 1 fully saturated rings. The van der Waals surface area contributed by atoms with E-state index in [2.05, 4.69) is 32.5 Å². The van der Waals surface area contributed by atoms with E-state index in [0.717, 1.165) is 67.8 Å². The van der Waals surface area contributed by atoms with Crippen LogP contribution in [0.15, 0.2) is 47.6 Å². The second-order valence-corrected chi connectivity index (χ2v) is 13.2. The van der Waals surface area contributed by atoms with Crippen molar-refractivity contribution in [1.29, 1.82) is 0 Å². The minimum Gasteiger partial charge on any atom is -0.493 e. The Bertz CT molecular complexity index is 1470. The number of anilines is 1. The Labute approximate surface area is 262 Å².